The minimum atomic E-state index is -1.17. The number of benzene rings is 2. The normalized spacial score (nSPS) is 13.0. The van der Waals surface area contributed by atoms with Gasteiger partial charge < -0.3 is 31.4 Å². The number of rotatable bonds is 9. The lowest BCUT2D eigenvalue weighted by Crippen LogP contribution is -2.53. The molecule has 2 amide bonds. The predicted octanol–water partition coefficient (Wildman–Crippen LogP) is 1.45. The van der Waals surface area contributed by atoms with Gasteiger partial charge in [-0.05, 0) is 23.3 Å². The molecular formula is C24H25N5O4. The fourth-order valence-corrected chi connectivity index (χ4v) is 3.98. The molecule has 9 heteroatoms. The van der Waals surface area contributed by atoms with Crippen molar-refractivity contribution in [2.45, 2.75) is 24.9 Å². The van der Waals surface area contributed by atoms with Crippen LogP contribution < -0.4 is 16.4 Å². The zero-order chi connectivity index (χ0) is 23.4. The first-order chi connectivity index (χ1) is 16.0. The second kappa shape index (κ2) is 9.58. The van der Waals surface area contributed by atoms with E-state index in [1.165, 1.54) is 0 Å². The number of nitrogens with one attached hydrogen (secondary N) is 4. The maximum atomic E-state index is 13.1. The summed E-state index contributed by atoms with van der Waals surface area (Å²) >= 11 is 0. The summed E-state index contributed by atoms with van der Waals surface area (Å²) in [4.78, 5) is 43.3. The number of aromatic nitrogens is 2. The van der Waals surface area contributed by atoms with Gasteiger partial charge in [-0.1, -0.05) is 36.4 Å². The molecule has 0 saturated carbocycles. The van der Waals surface area contributed by atoms with Crippen LogP contribution in [-0.2, 0) is 27.2 Å². The van der Waals surface area contributed by atoms with Crippen molar-refractivity contribution >= 4 is 39.6 Å². The summed E-state index contributed by atoms with van der Waals surface area (Å²) < 4.78 is 0. The Balaban J connectivity index is 1.54. The molecule has 7 N–H and O–H groups in total. The second-order valence-corrected chi connectivity index (χ2v) is 7.85. The van der Waals surface area contributed by atoms with Gasteiger partial charge in [-0.25, -0.2) is 4.79 Å². The number of aliphatic carboxylic acids is 1. The van der Waals surface area contributed by atoms with E-state index in [1.54, 1.807) is 12.4 Å². The number of carbonyl (C=O) groups excluding carboxylic acids is 2. The van der Waals surface area contributed by atoms with Crippen LogP contribution in [0.25, 0.3) is 21.8 Å². The number of carboxylic acids is 1. The number of para-hydroxylation sites is 2. The topological polar surface area (TPSA) is 153 Å². The summed E-state index contributed by atoms with van der Waals surface area (Å²) in [7, 11) is 0. The highest BCUT2D eigenvalue weighted by molar-refractivity contribution is 5.92. The van der Waals surface area contributed by atoms with Gasteiger partial charge in [0.1, 0.15) is 12.1 Å². The Bertz CT molecular complexity index is 1310. The van der Waals surface area contributed by atoms with Crippen LogP contribution in [0.15, 0.2) is 60.9 Å². The van der Waals surface area contributed by atoms with Gasteiger partial charge in [0, 0.05) is 47.0 Å². The van der Waals surface area contributed by atoms with Crippen molar-refractivity contribution in [3.63, 3.8) is 0 Å². The number of aromatic amines is 2. The smallest absolute Gasteiger partial charge is 0.326 e. The lowest BCUT2D eigenvalue weighted by Gasteiger charge is -2.21. The van der Waals surface area contributed by atoms with Crippen LogP contribution in [0.2, 0.25) is 0 Å². The van der Waals surface area contributed by atoms with Gasteiger partial charge in [0.05, 0.1) is 6.54 Å². The number of carboxylic acid groups (broad SMARTS) is 1. The maximum Gasteiger partial charge on any atom is 0.326 e. The van der Waals surface area contributed by atoms with Crippen LogP contribution in [-0.4, -0.2) is 51.5 Å². The van der Waals surface area contributed by atoms with Gasteiger partial charge in [0.25, 0.3) is 0 Å². The van der Waals surface area contributed by atoms with Crippen LogP contribution in [0.4, 0.5) is 0 Å². The molecule has 0 radical (unpaired) electrons. The Labute approximate surface area is 189 Å². The van der Waals surface area contributed by atoms with E-state index in [-0.39, 0.29) is 19.4 Å². The number of H-pyrrole nitrogens is 2. The molecular weight excluding hydrogens is 422 g/mol. The van der Waals surface area contributed by atoms with Crippen LogP contribution in [0.3, 0.4) is 0 Å². The van der Waals surface area contributed by atoms with E-state index in [4.69, 9.17) is 5.73 Å². The van der Waals surface area contributed by atoms with E-state index < -0.39 is 29.9 Å². The van der Waals surface area contributed by atoms with Gasteiger partial charge in [-0.15, -0.1) is 0 Å². The lowest BCUT2D eigenvalue weighted by molar-refractivity contribution is -0.142. The van der Waals surface area contributed by atoms with Crippen LogP contribution in [0.5, 0.6) is 0 Å². The van der Waals surface area contributed by atoms with Crippen molar-refractivity contribution in [3.05, 3.63) is 72.1 Å². The molecule has 0 aliphatic heterocycles. The number of fused-ring (bicyclic) bond motifs is 2. The Morgan fingerprint density at radius 2 is 1.33 bits per heavy atom. The minimum absolute atomic E-state index is 0.0930. The zero-order valence-electron chi connectivity index (χ0n) is 17.8. The first-order valence-corrected chi connectivity index (χ1v) is 10.6. The molecule has 0 bridgehead atoms. The fourth-order valence-electron chi connectivity index (χ4n) is 3.98. The van der Waals surface area contributed by atoms with Crippen LogP contribution >= 0.6 is 0 Å². The summed E-state index contributed by atoms with van der Waals surface area (Å²) in [5.41, 5.74) is 8.82. The molecule has 9 nitrogen and oxygen atoms in total. The number of carbonyl (C=O) groups is 3. The summed E-state index contributed by atoms with van der Waals surface area (Å²) in [5, 5.41) is 16.8. The third-order valence-corrected chi connectivity index (χ3v) is 5.65. The Morgan fingerprint density at radius 3 is 1.85 bits per heavy atom. The van der Waals surface area contributed by atoms with Crippen LogP contribution in [0, 0.1) is 0 Å². The molecule has 170 valence electrons. The molecule has 33 heavy (non-hydrogen) atoms. The third kappa shape index (κ3) is 4.88. The van der Waals surface area contributed by atoms with Gasteiger partial charge in [-0.2, -0.15) is 0 Å². The zero-order valence-corrected chi connectivity index (χ0v) is 17.8. The van der Waals surface area contributed by atoms with E-state index in [2.05, 4.69) is 20.6 Å². The van der Waals surface area contributed by atoms with Crippen molar-refractivity contribution < 1.29 is 19.5 Å². The Hall–Kier alpha value is -4.11. The second-order valence-electron chi connectivity index (χ2n) is 7.85. The fraction of sp³-hybridized carbons (Fsp3) is 0.208. The molecule has 2 aromatic heterocycles. The van der Waals surface area contributed by atoms with Gasteiger partial charge in [0.2, 0.25) is 11.8 Å². The molecule has 0 fully saturated rings. The SMILES string of the molecule is NCC(=O)NC(Cc1c[nH]c2ccccc12)C(=O)NC(Cc1c[nH]c2ccccc12)C(=O)O. The van der Waals surface area contributed by atoms with Crippen molar-refractivity contribution in [2.24, 2.45) is 5.73 Å². The first kappa shape index (κ1) is 22.1. The van der Waals surface area contributed by atoms with Gasteiger partial charge in [0.15, 0.2) is 0 Å². The van der Waals surface area contributed by atoms with Gasteiger partial charge >= 0.3 is 5.97 Å². The predicted molar refractivity (Wildman–Crippen MR) is 125 cm³/mol. The van der Waals surface area contributed by atoms with Crippen molar-refractivity contribution in [1.29, 1.82) is 0 Å². The summed E-state index contributed by atoms with van der Waals surface area (Å²) in [5.74, 6) is -2.25. The van der Waals surface area contributed by atoms with E-state index in [9.17, 15) is 19.5 Å². The number of nitrogens with two attached hydrogens (primary N) is 1. The molecule has 2 heterocycles. The molecule has 4 aromatic rings. The average molecular weight is 447 g/mol. The minimum Gasteiger partial charge on any atom is -0.480 e. The Kier molecular flexibility index (Phi) is 6.41. The van der Waals surface area contributed by atoms with Crippen LogP contribution in [0.1, 0.15) is 11.1 Å². The molecule has 0 spiro atoms. The molecule has 0 saturated heterocycles. The highest BCUT2D eigenvalue weighted by Gasteiger charge is 2.28. The number of hydrogen-bond acceptors (Lipinski definition) is 4. The molecule has 0 aliphatic rings. The van der Waals surface area contributed by atoms with Crippen molar-refractivity contribution in [1.82, 2.24) is 20.6 Å². The van der Waals surface area contributed by atoms with E-state index >= 15 is 0 Å². The number of hydrogen-bond donors (Lipinski definition) is 6. The number of amides is 2. The van der Waals surface area contributed by atoms with Crippen molar-refractivity contribution in [2.75, 3.05) is 6.54 Å². The standard InChI is InChI=1S/C24H25N5O4/c25-11-22(30)28-20(9-14-12-26-18-7-3-1-5-16(14)18)23(31)29-21(24(32)33)10-15-13-27-19-8-4-2-6-17(15)19/h1-8,12-13,20-21,26-27H,9-11,25H2,(H,28,30)(H,29,31)(H,32,33). The van der Waals surface area contributed by atoms with Crippen molar-refractivity contribution in [3.8, 4) is 0 Å². The molecule has 4 rings (SSSR count). The summed E-state index contributed by atoms with van der Waals surface area (Å²) in [6.07, 6.45) is 3.79. The maximum absolute atomic E-state index is 13.1. The first-order valence-electron chi connectivity index (χ1n) is 10.6. The molecule has 2 atom stereocenters. The molecule has 0 aliphatic carbocycles. The quantitative estimate of drug-likeness (QED) is 0.229. The highest BCUT2D eigenvalue weighted by Crippen LogP contribution is 2.21. The Morgan fingerprint density at radius 1 is 0.818 bits per heavy atom. The van der Waals surface area contributed by atoms with E-state index in [1.807, 2.05) is 48.5 Å². The monoisotopic (exact) mass is 447 g/mol. The van der Waals surface area contributed by atoms with Gasteiger partial charge in [-0.3, -0.25) is 9.59 Å². The van der Waals surface area contributed by atoms with E-state index in [0.717, 1.165) is 32.9 Å². The average Bonchev–Trinajstić information content (AvgIpc) is 3.42. The largest absolute Gasteiger partial charge is 0.480 e. The third-order valence-electron chi connectivity index (χ3n) is 5.65. The lowest BCUT2D eigenvalue weighted by atomic mass is 10.0. The summed E-state index contributed by atoms with van der Waals surface area (Å²) in [6, 6.07) is 13.0. The molecule has 2 aromatic carbocycles. The highest BCUT2D eigenvalue weighted by atomic mass is 16.4. The molecule has 2 unspecified atom stereocenters. The van der Waals surface area contributed by atoms with E-state index in [0.29, 0.717) is 0 Å². The summed E-state index contributed by atoms with van der Waals surface area (Å²) in [6.45, 7) is -0.282.